The standard InChI is InChI=1S/C19H17FN4OS2/c1-24-15-10-12(20)6-7-13(15)22-17(24)8-9-21-18(25)11-26-19-23-14-4-2-3-5-16(14)27-19/h2-7,10H,8-9,11H2,1H3,(H,21,25). The molecule has 0 saturated heterocycles. The molecule has 2 heterocycles. The summed E-state index contributed by atoms with van der Waals surface area (Å²) >= 11 is 3.04. The monoisotopic (exact) mass is 400 g/mol. The zero-order valence-electron chi connectivity index (χ0n) is 14.6. The molecule has 0 saturated carbocycles. The normalized spacial score (nSPS) is 11.3. The number of carbonyl (C=O) groups excluding carboxylic acids is 1. The van der Waals surface area contributed by atoms with Gasteiger partial charge in [-0.15, -0.1) is 11.3 Å². The summed E-state index contributed by atoms with van der Waals surface area (Å²) in [5.74, 6) is 0.823. The van der Waals surface area contributed by atoms with E-state index in [2.05, 4.69) is 15.3 Å². The van der Waals surface area contributed by atoms with E-state index in [1.165, 1.54) is 23.9 Å². The minimum Gasteiger partial charge on any atom is -0.355 e. The van der Waals surface area contributed by atoms with Crippen LogP contribution in [0.15, 0.2) is 46.8 Å². The quantitative estimate of drug-likeness (QED) is 0.501. The van der Waals surface area contributed by atoms with Gasteiger partial charge in [-0.25, -0.2) is 14.4 Å². The highest BCUT2D eigenvalue weighted by molar-refractivity contribution is 8.01. The molecule has 0 aliphatic rings. The van der Waals surface area contributed by atoms with E-state index < -0.39 is 0 Å². The third-order valence-corrected chi connectivity index (χ3v) is 6.39. The van der Waals surface area contributed by atoms with E-state index in [4.69, 9.17) is 0 Å². The van der Waals surface area contributed by atoms with Crippen molar-refractivity contribution in [2.75, 3.05) is 12.3 Å². The number of aromatic nitrogens is 3. The number of amides is 1. The molecule has 138 valence electrons. The molecule has 0 aliphatic carbocycles. The number of carbonyl (C=O) groups is 1. The summed E-state index contributed by atoms with van der Waals surface area (Å²) < 4.78 is 17.2. The Kier molecular flexibility index (Phi) is 5.09. The van der Waals surface area contributed by atoms with Gasteiger partial charge < -0.3 is 9.88 Å². The highest BCUT2D eigenvalue weighted by Gasteiger charge is 2.10. The maximum absolute atomic E-state index is 13.4. The molecule has 0 spiro atoms. The minimum atomic E-state index is -0.280. The summed E-state index contributed by atoms with van der Waals surface area (Å²) in [6.45, 7) is 0.485. The van der Waals surface area contributed by atoms with Gasteiger partial charge in [-0.3, -0.25) is 4.79 Å². The van der Waals surface area contributed by atoms with Gasteiger partial charge in [-0.2, -0.15) is 0 Å². The van der Waals surface area contributed by atoms with Crippen molar-refractivity contribution in [2.45, 2.75) is 10.8 Å². The van der Waals surface area contributed by atoms with Gasteiger partial charge in [-0.1, -0.05) is 23.9 Å². The van der Waals surface area contributed by atoms with Crippen molar-refractivity contribution < 1.29 is 9.18 Å². The van der Waals surface area contributed by atoms with Crippen LogP contribution in [0.2, 0.25) is 0 Å². The highest BCUT2D eigenvalue weighted by Crippen LogP contribution is 2.29. The lowest BCUT2D eigenvalue weighted by Crippen LogP contribution is -2.27. The molecule has 0 fully saturated rings. The van der Waals surface area contributed by atoms with Crippen LogP contribution in [0.4, 0.5) is 4.39 Å². The summed E-state index contributed by atoms with van der Waals surface area (Å²) in [6, 6.07) is 12.5. The second kappa shape index (κ2) is 7.66. The van der Waals surface area contributed by atoms with Crippen LogP contribution < -0.4 is 5.32 Å². The average Bonchev–Trinajstić information content (AvgIpc) is 3.21. The topological polar surface area (TPSA) is 59.8 Å². The fourth-order valence-corrected chi connectivity index (χ4v) is 4.74. The van der Waals surface area contributed by atoms with Crippen LogP contribution in [0, 0.1) is 5.82 Å². The Morgan fingerprint density at radius 2 is 2.07 bits per heavy atom. The number of nitrogens with one attached hydrogen (secondary N) is 1. The summed E-state index contributed by atoms with van der Waals surface area (Å²) in [4.78, 5) is 21.1. The number of fused-ring (bicyclic) bond motifs is 2. The van der Waals surface area contributed by atoms with Crippen LogP contribution in [-0.4, -0.2) is 32.7 Å². The van der Waals surface area contributed by atoms with Gasteiger partial charge in [0.25, 0.3) is 0 Å². The van der Waals surface area contributed by atoms with Crippen LogP contribution in [0.25, 0.3) is 21.3 Å². The van der Waals surface area contributed by atoms with E-state index >= 15 is 0 Å². The molecule has 5 nitrogen and oxygen atoms in total. The lowest BCUT2D eigenvalue weighted by atomic mass is 10.3. The third kappa shape index (κ3) is 3.96. The molecule has 0 atom stereocenters. The number of benzene rings is 2. The lowest BCUT2D eigenvalue weighted by Gasteiger charge is -2.05. The molecular weight excluding hydrogens is 383 g/mol. The number of aryl methyl sites for hydroxylation is 1. The van der Waals surface area contributed by atoms with Gasteiger partial charge in [0.1, 0.15) is 11.6 Å². The second-order valence-corrected chi connectivity index (χ2v) is 8.31. The number of imidazole rings is 1. The zero-order valence-corrected chi connectivity index (χ0v) is 16.2. The molecule has 0 radical (unpaired) electrons. The number of rotatable bonds is 6. The molecular formula is C19H17FN4OS2. The largest absolute Gasteiger partial charge is 0.355 e. The van der Waals surface area contributed by atoms with Crippen LogP contribution in [0.1, 0.15) is 5.82 Å². The number of thioether (sulfide) groups is 1. The summed E-state index contributed by atoms with van der Waals surface area (Å²) in [7, 11) is 1.86. The molecule has 0 aliphatic heterocycles. The van der Waals surface area contributed by atoms with E-state index in [-0.39, 0.29) is 11.7 Å². The van der Waals surface area contributed by atoms with Crippen molar-refractivity contribution in [1.82, 2.24) is 19.9 Å². The molecule has 4 rings (SSSR count). The number of thiazole rings is 1. The summed E-state index contributed by atoms with van der Waals surface area (Å²) in [5, 5.41) is 2.91. The summed E-state index contributed by atoms with van der Waals surface area (Å²) in [6.07, 6.45) is 0.588. The fourth-order valence-electron chi connectivity index (χ4n) is 2.84. The first-order chi connectivity index (χ1) is 13.1. The van der Waals surface area contributed by atoms with Gasteiger partial charge in [0, 0.05) is 20.0 Å². The third-order valence-electron chi connectivity index (χ3n) is 4.21. The molecule has 0 bridgehead atoms. The first kappa shape index (κ1) is 17.9. The van der Waals surface area contributed by atoms with Crippen LogP contribution in [-0.2, 0) is 18.3 Å². The molecule has 2 aromatic heterocycles. The van der Waals surface area contributed by atoms with E-state index in [0.717, 1.165) is 31.4 Å². The van der Waals surface area contributed by atoms with Crippen molar-refractivity contribution in [3.63, 3.8) is 0 Å². The number of halogens is 1. The van der Waals surface area contributed by atoms with Crippen molar-refractivity contribution in [1.29, 1.82) is 0 Å². The maximum atomic E-state index is 13.4. The van der Waals surface area contributed by atoms with Gasteiger partial charge in [0.2, 0.25) is 5.91 Å². The fraction of sp³-hybridized carbons (Fsp3) is 0.211. The Labute approximate surface area is 163 Å². The maximum Gasteiger partial charge on any atom is 0.230 e. The Morgan fingerprint density at radius 1 is 1.22 bits per heavy atom. The number of para-hydroxylation sites is 1. The Morgan fingerprint density at radius 3 is 2.93 bits per heavy atom. The predicted octanol–water partition coefficient (Wildman–Crippen LogP) is 3.77. The van der Waals surface area contributed by atoms with Gasteiger partial charge in [0.15, 0.2) is 4.34 Å². The second-order valence-electron chi connectivity index (χ2n) is 6.06. The number of hydrogen-bond donors (Lipinski definition) is 1. The van der Waals surface area contributed by atoms with E-state index in [0.29, 0.717) is 18.7 Å². The molecule has 4 aromatic rings. The van der Waals surface area contributed by atoms with Crippen LogP contribution >= 0.6 is 23.1 Å². The molecule has 27 heavy (non-hydrogen) atoms. The molecule has 2 aromatic carbocycles. The first-order valence-corrected chi connectivity index (χ1v) is 10.3. The Balaban J connectivity index is 1.30. The van der Waals surface area contributed by atoms with Gasteiger partial charge >= 0.3 is 0 Å². The lowest BCUT2D eigenvalue weighted by molar-refractivity contribution is -0.118. The van der Waals surface area contributed by atoms with Crippen molar-refractivity contribution >= 4 is 50.3 Å². The van der Waals surface area contributed by atoms with E-state index in [1.54, 1.807) is 17.4 Å². The van der Waals surface area contributed by atoms with Crippen molar-refractivity contribution in [2.24, 2.45) is 7.05 Å². The van der Waals surface area contributed by atoms with Gasteiger partial charge in [0.05, 0.1) is 27.0 Å². The highest BCUT2D eigenvalue weighted by atomic mass is 32.2. The molecule has 1 amide bonds. The van der Waals surface area contributed by atoms with Crippen molar-refractivity contribution in [3.05, 3.63) is 54.1 Å². The van der Waals surface area contributed by atoms with Crippen molar-refractivity contribution in [3.8, 4) is 0 Å². The Hall–Kier alpha value is -2.45. The SMILES string of the molecule is Cn1c(CCNC(=O)CSc2nc3ccccc3s2)nc2ccc(F)cc21. The zero-order chi connectivity index (χ0) is 18.8. The first-order valence-electron chi connectivity index (χ1n) is 8.46. The van der Waals surface area contributed by atoms with E-state index in [9.17, 15) is 9.18 Å². The predicted molar refractivity (Wildman–Crippen MR) is 108 cm³/mol. The van der Waals surface area contributed by atoms with E-state index in [1.807, 2.05) is 35.9 Å². The van der Waals surface area contributed by atoms with Crippen LogP contribution in [0.5, 0.6) is 0 Å². The van der Waals surface area contributed by atoms with Crippen LogP contribution in [0.3, 0.4) is 0 Å². The smallest absolute Gasteiger partial charge is 0.230 e. The number of hydrogen-bond acceptors (Lipinski definition) is 5. The summed E-state index contributed by atoms with van der Waals surface area (Å²) in [5.41, 5.74) is 2.47. The molecule has 8 heteroatoms. The Bertz CT molecular complexity index is 1090. The minimum absolute atomic E-state index is 0.0379. The number of nitrogens with zero attached hydrogens (tertiary/aromatic N) is 3. The average molecular weight is 401 g/mol. The molecule has 0 unspecified atom stereocenters. The van der Waals surface area contributed by atoms with Gasteiger partial charge in [-0.05, 0) is 30.3 Å². The molecule has 1 N–H and O–H groups in total.